The van der Waals surface area contributed by atoms with Gasteiger partial charge in [0.15, 0.2) is 0 Å². The molecule has 1 aliphatic heterocycles. The summed E-state index contributed by atoms with van der Waals surface area (Å²) in [6, 6.07) is 0.455. The zero-order valence-electron chi connectivity index (χ0n) is 13.0. The van der Waals surface area contributed by atoms with Crippen LogP contribution in [0.2, 0.25) is 0 Å². The molecule has 3 atom stereocenters. The predicted octanol–water partition coefficient (Wildman–Crippen LogP) is 2.17. The first-order valence-corrected chi connectivity index (χ1v) is 8.43. The van der Waals surface area contributed by atoms with Crippen LogP contribution in [0.15, 0.2) is 0 Å². The first-order chi connectivity index (χ1) is 9.22. The van der Waals surface area contributed by atoms with E-state index < -0.39 is 0 Å². The topological polar surface area (TPSA) is 32.5 Å². The molecule has 2 fully saturated rings. The molecule has 2 rings (SSSR count). The number of nitrogens with two attached hydrogens (primary N) is 1. The van der Waals surface area contributed by atoms with Crippen molar-refractivity contribution in [3.05, 3.63) is 0 Å². The highest BCUT2D eigenvalue weighted by Crippen LogP contribution is 2.31. The quantitative estimate of drug-likeness (QED) is 0.828. The van der Waals surface area contributed by atoms with Crippen LogP contribution >= 0.6 is 0 Å². The van der Waals surface area contributed by atoms with Gasteiger partial charge in [0.05, 0.1) is 0 Å². The number of rotatable bonds is 5. The van der Waals surface area contributed by atoms with Crippen molar-refractivity contribution in [2.24, 2.45) is 17.6 Å². The molecule has 0 aromatic heterocycles. The molecule has 2 N–H and O–H groups in total. The summed E-state index contributed by atoms with van der Waals surface area (Å²) in [6.07, 6.45) is 6.60. The van der Waals surface area contributed by atoms with Gasteiger partial charge < -0.3 is 15.5 Å². The Hall–Kier alpha value is -0.120. The van der Waals surface area contributed by atoms with Gasteiger partial charge in [0.1, 0.15) is 0 Å². The van der Waals surface area contributed by atoms with Crippen molar-refractivity contribution < 1.29 is 0 Å². The van der Waals surface area contributed by atoms with Gasteiger partial charge in [-0.05, 0) is 44.1 Å². The summed E-state index contributed by atoms with van der Waals surface area (Å²) in [6.45, 7) is 12.1. The van der Waals surface area contributed by atoms with Crippen molar-refractivity contribution in [2.75, 3.05) is 39.3 Å². The Morgan fingerprint density at radius 2 is 1.68 bits per heavy atom. The molecule has 3 nitrogen and oxygen atoms in total. The monoisotopic (exact) mass is 267 g/mol. The van der Waals surface area contributed by atoms with Crippen LogP contribution in [0.4, 0.5) is 0 Å². The maximum Gasteiger partial charge on any atom is 0.0110 e. The van der Waals surface area contributed by atoms with Gasteiger partial charge in [-0.3, -0.25) is 0 Å². The standard InChI is InChI=1S/C16H33N3/c1-3-7-18-8-10-19(11-9-18)13-15-12-14(4-2)5-6-16(15)17/h14-16H,3-13,17H2,1-2H3. The first kappa shape index (κ1) is 15.3. The van der Waals surface area contributed by atoms with E-state index in [2.05, 4.69) is 23.6 Å². The van der Waals surface area contributed by atoms with E-state index in [1.54, 1.807) is 0 Å². The van der Waals surface area contributed by atoms with E-state index in [1.807, 2.05) is 0 Å². The van der Waals surface area contributed by atoms with E-state index in [1.165, 1.54) is 71.4 Å². The molecule has 1 aliphatic carbocycles. The molecule has 0 bridgehead atoms. The van der Waals surface area contributed by atoms with Gasteiger partial charge in [-0.15, -0.1) is 0 Å². The lowest BCUT2D eigenvalue weighted by Gasteiger charge is -2.40. The zero-order valence-corrected chi connectivity index (χ0v) is 13.0. The molecule has 0 aromatic rings. The van der Waals surface area contributed by atoms with Crippen molar-refractivity contribution in [2.45, 2.75) is 52.0 Å². The molecule has 19 heavy (non-hydrogen) atoms. The summed E-state index contributed by atoms with van der Waals surface area (Å²) in [7, 11) is 0. The van der Waals surface area contributed by atoms with Gasteiger partial charge in [0, 0.05) is 38.8 Å². The summed E-state index contributed by atoms with van der Waals surface area (Å²) < 4.78 is 0. The predicted molar refractivity (Wildman–Crippen MR) is 82.3 cm³/mol. The van der Waals surface area contributed by atoms with Crippen LogP contribution in [-0.2, 0) is 0 Å². The fourth-order valence-electron chi connectivity index (χ4n) is 3.81. The third-order valence-electron chi connectivity index (χ3n) is 5.22. The van der Waals surface area contributed by atoms with E-state index in [-0.39, 0.29) is 0 Å². The molecule has 1 heterocycles. The Morgan fingerprint density at radius 1 is 1.00 bits per heavy atom. The molecular weight excluding hydrogens is 234 g/mol. The fourth-order valence-corrected chi connectivity index (χ4v) is 3.81. The number of hydrogen-bond donors (Lipinski definition) is 1. The molecule has 0 aromatic carbocycles. The maximum absolute atomic E-state index is 6.35. The molecule has 0 spiro atoms. The highest BCUT2D eigenvalue weighted by Gasteiger charge is 2.29. The van der Waals surface area contributed by atoms with Gasteiger partial charge in [-0.25, -0.2) is 0 Å². The molecule has 0 amide bonds. The summed E-state index contributed by atoms with van der Waals surface area (Å²) >= 11 is 0. The fraction of sp³-hybridized carbons (Fsp3) is 1.00. The van der Waals surface area contributed by atoms with Crippen LogP contribution in [0.5, 0.6) is 0 Å². The summed E-state index contributed by atoms with van der Waals surface area (Å²) in [5.74, 6) is 1.68. The molecule has 1 saturated heterocycles. The number of nitrogens with zero attached hydrogens (tertiary/aromatic N) is 2. The molecule has 112 valence electrons. The van der Waals surface area contributed by atoms with Crippen LogP contribution < -0.4 is 5.73 Å². The smallest absolute Gasteiger partial charge is 0.0110 e. The average Bonchev–Trinajstić information content (AvgIpc) is 2.44. The van der Waals surface area contributed by atoms with Gasteiger partial charge in [-0.2, -0.15) is 0 Å². The normalized spacial score (nSPS) is 34.6. The highest BCUT2D eigenvalue weighted by atomic mass is 15.3. The molecule has 0 radical (unpaired) electrons. The second kappa shape index (κ2) is 7.61. The number of hydrogen-bond acceptors (Lipinski definition) is 3. The largest absolute Gasteiger partial charge is 0.327 e. The van der Waals surface area contributed by atoms with Crippen molar-refractivity contribution in [3.8, 4) is 0 Å². The molecular formula is C16H33N3. The van der Waals surface area contributed by atoms with Crippen molar-refractivity contribution in [1.82, 2.24) is 9.80 Å². The second-order valence-corrected chi connectivity index (χ2v) is 6.65. The summed E-state index contributed by atoms with van der Waals surface area (Å²) in [5.41, 5.74) is 6.35. The SMILES string of the molecule is CCCN1CCN(CC2CC(CC)CCC2N)CC1. The van der Waals surface area contributed by atoms with E-state index in [0.29, 0.717) is 6.04 Å². The van der Waals surface area contributed by atoms with Crippen LogP contribution in [0.3, 0.4) is 0 Å². The lowest BCUT2D eigenvalue weighted by molar-refractivity contribution is 0.0950. The Balaban J connectivity index is 1.74. The Kier molecular flexibility index (Phi) is 6.11. The minimum Gasteiger partial charge on any atom is -0.327 e. The molecule has 2 aliphatic rings. The van der Waals surface area contributed by atoms with Crippen molar-refractivity contribution in [1.29, 1.82) is 0 Å². The number of piperazine rings is 1. The van der Waals surface area contributed by atoms with Crippen LogP contribution in [-0.4, -0.2) is 55.1 Å². The Bertz CT molecular complexity index is 248. The molecule has 3 unspecified atom stereocenters. The molecule has 1 saturated carbocycles. The summed E-state index contributed by atoms with van der Waals surface area (Å²) in [5, 5.41) is 0. The maximum atomic E-state index is 6.35. The second-order valence-electron chi connectivity index (χ2n) is 6.65. The Labute approximate surface area is 119 Å². The first-order valence-electron chi connectivity index (χ1n) is 8.43. The van der Waals surface area contributed by atoms with E-state index in [0.717, 1.165) is 11.8 Å². The van der Waals surface area contributed by atoms with E-state index >= 15 is 0 Å². The van der Waals surface area contributed by atoms with Crippen molar-refractivity contribution in [3.63, 3.8) is 0 Å². The van der Waals surface area contributed by atoms with E-state index in [9.17, 15) is 0 Å². The van der Waals surface area contributed by atoms with Gasteiger partial charge in [0.2, 0.25) is 0 Å². The van der Waals surface area contributed by atoms with Crippen LogP contribution in [0, 0.1) is 11.8 Å². The zero-order chi connectivity index (χ0) is 13.7. The van der Waals surface area contributed by atoms with Crippen molar-refractivity contribution >= 4 is 0 Å². The Morgan fingerprint density at radius 3 is 2.32 bits per heavy atom. The minimum atomic E-state index is 0.455. The van der Waals surface area contributed by atoms with Gasteiger partial charge in [-0.1, -0.05) is 20.3 Å². The molecule has 3 heteroatoms. The van der Waals surface area contributed by atoms with E-state index in [4.69, 9.17) is 5.73 Å². The lowest BCUT2D eigenvalue weighted by atomic mass is 9.77. The average molecular weight is 267 g/mol. The van der Waals surface area contributed by atoms with Gasteiger partial charge in [0.25, 0.3) is 0 Å². The highest BCUT2D eigenvalue weighted by molar-refractivity contribution is 4.85. The summed E-state index contributed by atoms with van der Waals surface area (Å²) in [4.78, 5) is 5.26. The minimum absolute atomic E-state index is 0.455. The lowest BCUT2D eigenvalue weighted by Crippen LogP contribution is -2.50. The third kappa shape index (κ3) is 4.44. The van der Waals surface area contributed by atoms with Crippen LogP contribution in [0.1, 0.15) is 46.0 Å². The van der Waals surface area contributed by atoms with Gasteiger partial charge >= 0.3 is 0 Å². The van der Waals surface area contributed by atoms with Crippen LogP contribution in [0.25, 0.3) is 0 Å². The third-order valence-corrected chi connectivity index (χ3v) is 5.22.